The van der Waals surface area contributed by atoms with E-state index >= 15 is 0 Å². The van der Waals surface area contributed by atoms with Gasteiger partial charge in [-0.1, -0.05) is 6.07 Å². The first-order chi connectivity index (χ1) is 12.6. The Morgan fingerprint density at radius 1 is 1.15 bits per heavy atom. The van der Waals surface area contributed by atoms with Crippen molar-refractivity contribution in [2.24, 2.45) is 0 Å². The number of halogens is 1. The van der Waals surface area contributed by atoms with Crippen LogP contribution in [-0.4, -0.2) is 66.2 Å². The number of ketones is 1. The van der Waals surface area contributed by atoms with Crippen LogP contribution in [0.3, 0.4) is 0 Å². The number of ether oxygens (including phenoxy) is 1. The van der Waals surface area contributed by atoms with Crippen molar-refractivity contribution in [2.75, 3.05) is 44.2 Å². The van der Waals surface area contributed by atoms with E-state index in [0.717, 1.165) is 32.0 Å². The number of pyridine rings is 1. The molecular weight excluding hydrogens is 366 g/mol. The second kappa shape index (κ2) is 10.3. The zero-order valence-corrected chi connectivity index (χ0v) is 16.2. The molecule has 1 aliphatic rings. The van der Waals surface area contributed by atoms with E-state index in [4.69, 9.17) is 4.74 Å². The smallest absolute Gasteiger partial charge is 0.159 e. The zero-order valence-electron chi connectivity index (χ0n) is 15.4. The van der Waals surface area contributed by atoms with E-state index in [2.05, 4.69) is 14.8 Å². The Balaban J connectivity index is 0.00000261. The van der Waals surface area contributed by atoms with Crippen molar-refractivity contribution in [3.63, 3.8) is 0 Å². The molecule has 0 spiro atoms. The lowest BCUT2D eigenvalue weighted by atomic mass is 10.1. The molecule has 1 aliphatic heterocycles. The van der Waals surface area contributed by atoms with Gasteiger partial charge >= 0.3 is 0 Å². The standard InChI is InChI=1S/C20H25N3O3.ClH/c1-16(24)17-5-7-19(8-6-17)26-15-18(25)14-22-10-12-23(13-11-22)20-4-2-3-9-21-20;/h2-9,18,25H,10-15H2,1H3;1H/p-1. The highest BCUT2D eigenvalue weighted by molar-refractivity contribution is 5.94. The third-order valence-corrected chi connectivity index (χ3v) is 4.52. The van der Waals surface area contributed by atoms with Gasteiger partial charge in [-0.05, 0) is 43.3 Å². The number of nitrogens with zero attached hydrogens (tertiary/aromatic N) is 3. The Morgan fingerprint density at radius 2 is 1.85 bits per heavy atom. The van der Waals surface area contributed by atoms with Gasteiger partial charge in [0, 0.05) is 44.5 Å². The van der Waals surface area contributed by atoms with Crippen LogP contribution in [0.15, 0.2) is 48.7 Å². The maximum atomic E-state index is 11.3. The van der Waals surface area contributed by atoms with Gasteiger partial charge in [0.2, 0.25) is 0 Å². The van der Waals surface area contributed by atoms with Gasteiger partial charge in [0.15, 0.2) is 5.78 Å². The average molecular weight is 391 g/mol. The van der Waals surface area contributed by atoms with Gasteiger partial charge in [0.25, 0.3) is 0 Å². The number of benzene rings is 1. The normalized spacial score (nSPS) is 15.7. The number of piperazine rings is 1. The minimum atomic E-state index is -0.552. The average Bonchev–Trinajstić information content (AvgIpc) is 2.68. The van der Waals surface area contributed by atoms with Crippen LogP contribution in [0.25, 0.3) is 0 Å². The van der Waals surface area contributed by atoms with Gasteiger partial charge in [-0.3, -0.25) is 9.69 Å². The molecule has 1 saturated heterocycles. The molecule has 2 aromatic rings. The summed E-state index contributed by atoms with van der Waals surface area (Å²) in [4.78, 5) is 20.2. The highest BCUT2D eigenvalue weighted by Gasteiger charge is 2.20. The SMILES string of the molecule is CC(=O)c1ccc(OCC(O)CN2CCN(c3ccccn3)CC2)cc1.[Cl-]. The van der Waals surface area contributed by atoms with Crippen LogP contribution in [0.5, 0.6) is 5.75 Å². The Labute approximate surface area is 166 Å². The molecule has 0 bridgehead atoms. The number of anilines is 1. The number of aliphatic hydroxyl groups excluding tert-OH is 1. The number of Topliss-reactive ketones (excluding diaryl/α,β-unsaturated/α-hetero) is 1. The molecule has 3 rings (SSSR count). The summed E-state index contributed by atoms with van der Waals surface area (Å²) >= 11 is 0. The van der Waals surface area contributed by atoms with Crippen LogP contribution in [0, 0.1) is 0 Å². The minimum Gasteiger partial charge on any atom is -1.00 e. The van der Waals surface area contributed by atoms with Crippen molar-refractivity contribution < 1.29 is 27.0 Å². The Kier molecular flexibility index (Phi) is 8.03. The maximum absolute atomic E-state index is 11.3. The van der Waals surface area contributed by atoms with Gasteiger partial charge in [0.05, 0.1) is 0 Å². The molecule has 1 N–H and O–H groups in total. The molecule has 2 heterocycles. The summed E-state index contributed by atoms with van der Waals surface area (Å²) in [5.74, 6) is 1.69. The largest absolute Gasteiger partial charge is 1.00 e. The molecule has 1 aromatic heterocycles. The second-order valence-corrected chi connectivity index (χ2v) is 6.52. The lowest BCUT2D eigenvalue weighted by molar-refractivity contribution is -0.0000156. The molecule has 0 amide bonds. The molecule has 146 valence electrons. The van der Waals surface area contributed by atoms with E-state index in [-0.39, 0.29) is 24.8 Å². The fraction of sp³-hybridized carbons (Fsp3) is 0.400. The fourth-order valence-electron chi connectivity index (χ4n) is 3.03. The number of aliphatic hydroxyl groups is 1. The topological polar surface area (TPSA) is 65.9 Å². The monoisotopic (exact) mass is 390 g/mol. The molecule has 6 nitrogen and oxygen atoms in total. The molecule has 1 fully saturated rings. The van der Waals surface area contributed by atoms with E-state index in [1.807, 2.05) is 24.4 Å². The van der Waals surface area contributed by atoms with Gasteiger partial charge in [-0.2, -0.15) is 0 Å². The Bertz CT molecular complexity index is 704. The van der Waals surface area contributed by atoms with Crippen LogP contribution in [-0.2, 0) is 0 Å². The second-order valence-electron chi connectivity index (χ2n) is 6.52. The number of rotatable bonds is 7. The third-order valence-electron chi connectivity index (χ3n) is 4.52. The number of hydrogen-bond acceptors (Lipinski definition) is 6. The van der Waals surface area contributed by atoms with Gasteiger partial charge in [0.1, 0.15) is 24.3 Å². The predicted octanol–water partition coefficient (Wildman–Crippen LogP) is -1.15. The predicted molar refractivity (Wildman–Crippen MR) is 101 cm³/mol. The Hall–Kier alpha value is -2.15. The van der Waals surface area contributed by atoms with E-state index < -0.39 is 6.10 Å². The number of carbonyl (C=O) groups is 1. The van der Waals surface area contributed by atoms with Crippen LogP contribution >= 0.6 is 0 Å². The first-order valence-electron chi connectivity index (χ1n) is 8.92. The minimum absolute atomic E-state index is 0. The van der Waals surface area contributed by atoms with E-state index in [0.29, 0.717) is 17.9 Å². The lowest BCUT2D eigenvalue weighted by Crippen LogP contribution is -3.00. The Morgan fingerprint density at radius 3 is 2.44 bits per heavy atom. The van der Waals surface area contributed by atoms with Crippen molar-refractivity contribution >= 4 is 11.6 Å². The molecule has 27 heavy (non-hydrogen) atoms. The van der Waals surface area contributed by atoms with Gasteiger partial charge < -0.3 is 27.2 Å². The molecule has 0 saturated carbocycles. The molecule has 0 radical (unpaired) electrons. The van der Waals surface area contributed by atoms with Crippen molar-refractivity contribution in [3.8, 4) is 5.75 Å². The summed E-state index contributed by atoms with van der Waals surface area (Å²) in [7, 11) is 0. The summed E-state index contributed by atoms with van der Waals surface area (Å²) in [5, 5.41) is 10.2. The van der Waals surface area contributed by atoms with Crippen LogP contribution in [0.4, 0.5) is 5.82 Å². The third kappa shape index (κ3) is 6.20. The maximum Gasteiger partial charge on any atom is 0.159 e. The van der Waals surface area contributed by atoms with E-state index in [1.54, 1.807) is 24.3 Å². The first kappa shape index (κ1) is 21.2. The molecular formula is C20H25ClN3O3-. The van der Waals surface area contributed by atoms with E-state index in [9.17, 15) is 9.90 Å². The van der Waals surface area contributed by atoms with Crippen molar-refractivity contribution in [3.05, 3.63) is 54.2 Å². The lowest BCUT2D eigenvalue weighted by Gasteiger charge is -2.36. The molecule has 7 heteroatoms. The zero-order chi connectivity index (χ0) is 18.4. The number of hydrogen-bond donors (Lipinski definition) is 1. The van der Waals surface area contributed by atoms with Crippen LogP contribution in [0.1, 0.15) is 17.3 Å². The van der Waals surface area contributed by atoms with Crippen LogP contribution in [0.2, 0.25) is 0 Å². The van der Waals surface area contributed by atoms with Crippen LogP contribution < -0.4 is 22.0 Å². The van der Waals surface area contributed by atoms with Crippen molar-refractivity contribution in [1.82, 2.24) is 9.88 Å². The fourth-order valence-corrected chi connectivity index (χ4v) is 3.03. The number of aromatic nitrogens is 1. The molecule has 1 atom stereocenters. The summed E-state index contributed by atoms with van der Waals surface area (Å²) < 4.78 is 5.63. The van der Waals surface area contributed by atoms with Crippen molar-refractivity contribution in [1.29, 1.82) is 0 Å². The number of carbonyl (C=O) groups excluding carboxylic acids is 1. The van der Waals surface area contributed by atoms with E-state index in [1.165, 1.54) is 6.92 Å². The highest BCUT2D eigenvalue weighted by atomic mass is 35.5. The summed E-state index contributed by atoms with van der Waals surface area (Å²) in [6.07, 6.45) is 1.26. The van der Waals surface area contributed by atoms with Gasteiger partial charge in [-0.15, -0.1) is 0 Å². The highest BCUT2D eigenvalue weighted by Crippen LogP contribution is 2.14. The number of β-amino-alcohol motifs (C(OH)–C–C–N with tert-alkyl or cyclic N) is 1. The quantitative estimate of drug-likeness (QED) is 0.602. The first-order valence-corrected chi connectivity index (χ1v) is 8.92. The molecule has 1 aromatic carbocycles. The summed E-state index contributed by atoms with van der Waals surface area (Å²) in [5.41, 5.74) is 0.656. The molecule has 0 aliphatic carbocycles. The van der Waals surface area contributed by atoms with Gasteiger partial charge in [-0.25, -0.2) is 4.98 Å². The van der Waals surface area contributed by atoms with Crippen molar-refractivity contribution in [2.45, 2.75) is 13.0 Å². The summed E-state index contributed by atoms with van der Waals surface area (Å²) in [6.45, 7) is 5.94. The molecule has 1 unspecified atom stereocenters. The summed E-state index contributed by atoms with van der Waals surface area (Å²) in [6, 6.07) is 12.9.